The number of nitriles is 1. The smallest absolute Gasteiger partial charge is 0.323 e. The van der Waals surface area contributed by atoms with Crippen molar-refractivity contribution in [2.24, 2.45) is 5.92 Å². The van der Waals surface area contributed by atoms with E-state index in [0.29, 0.717) is 5.02 Å². The van der Waals surface area contributed by atoms with Crippen molar-refractivity contribution >= 4 is 17.6 Å². The highest BCUT2D eigenvalue weighted by molar-refractivity contribution is 6.30. The first-order valence-corrected chi connectivity index (χ1v) is 5.79. The Kier molecular flexibility index (Phi) is 4.99. The van der Waals surface area contributed by atoms with Crippen LogP contribution in [0.1, 0.15) is 25.3 Å². The summed E-state index contributed by atoms with van der Waals surface area (Å²) in [4.78, 5) is 11.6. The molecule has 2 atom stereocenters. The number of hydrogen-bond donors (Lipinski definition) is 0. The van der Waals surface area contributed by atoms with Crippen molar-refractivity contribution in [1.82, 2.24) is 0 Å². The number of carbonyl (C=O) groups excluding carboxylic acids is 1. The van der Waals surface area contributed by atoms with Gasteiger partial charge in [-0.05, 0) is 24.6 Å². The zero-order chi connectivity index (χ0) is 12.8. The molecule has 0 aromatic heterocycles. The van der Waals surface area contributed by atoms with E-state index in [9.17, 15) is 4.79 Å². The molecule has 0 N–H and O–H groups in total. The number of ether oxygens (including phenoxy) is 1. The van der Waals surface area contributed by atoms with Crippen LogP contribution in [0.15, 0.2) is 24.3 Å². The van der Waals surface area contributed by atoms with Gasteiger partial charge in [0, 0.05) is 10.9 Å². The van der Waals surface area contributed by atoms with Gasteiger partial charge in [0.1, 0.15) is 0 Å². The van der Waals surface area contributed by atoms with Crippen molar-refractivity contribution in [2.75, 3.05) is 6.61 Å². The monoisotopic (exact) mass is 251 g/mol. The molecule has 4 heteroatoms. The molecule has 0 aliphatic heterocycles. The van der Waals surface area contributed by atoms with Crippen LogP contribution in [0.25, 0.3) is 0 Å². The minimum Gasteiger partial charge on any atom is -0.465 e. The van der Waals surface area contributed by atoms with Gasteiger partial charge in [-0.3, -0.25) is 4.79 Å². The molecule has 0 spiro atoms. The van der Waals surface area contributed by atoms with Crippen molar-refractivity contribution in [3.05, 3.63) is 34.9 Å². The minimum atomic E-state index is -0.781. The van der Waals surface area contributed by atoms with E-state index in [1.165, 1.54) is 0 Å². The van der Waals surface area contributed by atoms with Gasteiger partial charge in [0.15, 0.2) is 5.92 Å². The quantitative estimate of drug-likeness (QED) is 0.773. The highest BCUT2D eigenvalue weighted by Crippen LogP contribution is 2.26. The number of hydrogen-bond acceptors (Lipinski definition) is 3. The van der Waals surface area contributed by atoms with Crippen molar-refractivity contribution in [3.63, 3.8) is 0 Å². The molecule has 17 heavy (non-hydrogen) atoms. The van der Waals surface area contributed by atoms with Gasteiger partial charge in [0.2, 0.25) is 0 Å². The van der Waals surface area contributed by atoms with Crippen molar-refractivity contribution in [3.8, 4) is 6.07 Å². The van der Waals surface area contributed by atoms with Crippen molar-refractivity contribution in [2.45, 2.75) is 19.8 Å². The second kappa shape index (κ2) is 6.27. The van der Waals surface area contributed by atoms with Gasteiger partial charge in [-0.25, -0.2) is 0 Å². The molecule has 1 aromatic rings. The van der Waals surface area contributed by atoms with Gasteiger partial charge in [-0.15, -0.1) is 0 Å². The maximum atomic E-state index is 11.6. The molecule has 0 amide bonds. The van der Waals surface area contributed by atoms with Crippen LogP contribution in [0.3, 0.4) is 0 Å². The predicted molar refractivity (Wildman–Crippen MR) is 65.6 cm³/mol. The molecule has 0 saturated heterocycles. The highest BCUT2D eigenvalue weighted by atomic mass is 35.5. The molecule has 0 heterocycles. The number of carbonyl (C=O) groups is 1. The number of esters is 1. The average Bonchev–Trinajstić information content (AvgIpc) is 2.31. The van der Waals surface area contributed by atoms with Gasteiger partial charge in [-0.2, -0.15) is 5.26 Å². The van der Waals surface area contributed by atoms with E-state index in [4.69, 9.17) is 21.6 Å². The van der Waals surface area contributed by atoms with Gasteiger partial charge < -0.3 is 4.74 Å². The van der Waals surface area contributed by atoms with Gasteiger partial charge in [0.25, 0.3) is 0 Å². The van der Waals surface area contributed by atoms with E-state index in [1.54, 1.807) is 19.1 Å². The lowest BCUT2D eigenvalue weighted by atomic mass is 9.88. The second-order valence-corrected chi connectivity index (χ2v) is 4.14. The van der Waals surface area contributed by atoms with E-state index in [1.807, 2.05) is 25.1 Å². The Labute approximate surface area is 106 Å². The van der Waals surface area contributed by atoms with Crippen LogP contribution in [-0.4, -0.2) is 12.6 Å². The Morgan fingerprint density at radius 2 is 2.06 bits per heavy atom. The van der Waals surface area contributed by atoms with Crippen LogP contribution < -0.4 is 0 Å². The normalized spacial score (nSPS) is 13.5. The van der Waals surface area contributed by atoms with Gasteiger partial charge in [-0.1, -0.05) is 30.7 Å². The molecule has 1 aromatic carbocycles. The van der Waals surface area contributed by atoms with Gasteiger partial charge in [0.05, 0.1) is 12.7 Å². The molecule has 0 aliphatic rings. The Hall–Kier alpha value is -1.53. The molecular formula is C13H14ClNO2. The maximum Gasteiger partial charge on any atom is 0.323 e. The third-order valence-electron chi connectivity index (χ3n) is 2.58. The van der Waals surface area contributed by atoms with Crippen LogP contribution in [0, 0.1) is 17.2 Å². The summed E-state index contributed by atoms with van der Waals surface area (Å²) in [5.74, 6) is -1.47. The topological polar surface area (TPSA) is 50.1 Å². The average molecular weight is 252 g/mol. The molecule has 2 unspecified atom stereocenters. The van der Waals surface area contributed by atoms with Crippen LogP contribution in [-0.2, 0) is 9.53 Å². The predicted octanol–water partition coefficient (Wildman–Crippen LogP) is 3.15. The number of rotatable bonds is 4. The van der Waals surface area contributed by atoms with E-state index in [2.05, 4.69) is 0 Å². The summed E-state index contributed by atoms with van der Waals surface area (Å²) in [5, 5.41) is 9.66. The standard InChI is InChI=1S/C13H14ClNO2/c1-3-17-13(16)12(8-15)9(2)10-4-6-11(14)7-5-10/h4-7,9,12H,3H2,1-2H3. The van der Waals surface area contributed by atoms with Crippen molar-refractivity contribution < 1.29 is 9.53 Å². The number of halogens is 1. The third-order valence-corrected chi connectivity index (χ3v) is 2.83. The van der Waals surface area contributed by atoms with Crippen LogP contribution in [0.4, 0.5) is 0 Å². The lowest BCUT2D eigenvalue weighted by Crippen LogP contribution is -2.21. The fourth-order valence-electron chi connectivity index (χ4n) is 1.56. The number of benzene rings is 1. The van der Waals surface area contributed by atoms with Crippen LogP contribution >= 0.6 is 11.6 Å². The van der Waals surface area contributed by atoms with Crippen LogP contribution in [0.5, 0.6) is 0 Å². The molecule has 0 fully saturated rings. The van der Waals surface area contributed by atoms with E-state index in [0.717, 1.165) is 5.56 Å². The highest BCUT2D eigenvalue weighted by Gasteiger charge is 2.27. The van der Waals surface area contributed by atoms with E-state index in [-0.39, 0.29) is 12.5 Å². The maximum absolute atomic E-state index is 11.6. The summed E-state index contributed by atoms with van der Waals surface area (Å²) in [7, 11) is 0. The SMILES string of the molecule is CCOC(=O)C(C#N)C(C)c1ccc(Cl)cc1. The molecule has 0 aliphatic carbocycles. The summed E-state index contributed by atoms with van der Waals surface area (Å²) in [6.45, 7) is 3.83. The summed E-state index contributed by atoms with van der Waals surface area (Å²) in [6.07, 6.45) is 0. The summed E-state index contributed by atoms with van der Waals surface area (Å²) < 4.78 is 4.87. The molecule has 0 radical (unpaired) electrons. The van der Waals surface area contributed by atoms with Crippen molar-refractivity contribution in [1.29, 1.82) is 5.26 Å². The fraction of sp³-hybridized carbons (Fsp3) is 0.385. The van der Waals surface area contributed by atoms with Gasteiger partial charge >= 0.3 is 5.97 Å². The molecule has 0 saturated carbocycles. The molecule has 3 nitrogen and oxygen atoms in total. The zero-order valence-corrected chi connectivity index (χ0v) is 10.6. The van der Waals surface area contributed by atoms with Crippen LogP contribution in [0.2, 0.25) is 5.02 Å². The molecule has 1 rings (SSSR count). The fourth-order valence-corrected chi connectivity index (χ4v) is 1.69. The van der Waals surface area contributed by atoms with E-state index < -0.39 is 11.9 Å². The first kappa shape index (κ1) is 13.5. The summed E-state index contributed by atoms with van der Waals surface area (Å²) >= 11 is 5.79. The molecule has 0 bridgehead atoms. The summed E-state index contributed by atoms with van der Waals surface area (Å²) in [6, 6.07) is 9.11. The summed E-state index contributed by atoms with van der Waals surface area (Å²) in [5.41, 5.74) is 0.897. The second-order valence-electron chi connectivity index (χ2n) is 3.70. The first-order valence-electron chi connectivity index (χ1n) is 5.41. The minimum absolute atomic E-state index is 0.212. The Morgan fingerprint density at radius 1 is 1.47 bits per heavy atom. The zero-order valence-electron chi connectivity index (χ0n) is 9.81. The Balaban J connectivity index is 2.86. The largest absolute Gasteiger partial charge is 0.465 e. The Bertz CT molecular complexity index is 422. The third kappa shape index (κ3) is 3.47. The Morgan fingerprint density at radius 3 is 2.53 bits per heavy atom. The molecule has 90 valence electrons. The lowest BCUT2D eigenvalue weighted by Gasteiger charge is -2.16. The lowest BCUT2D eigenvalue weighted by molar-refractivity contribution is -0.146. The van der Waals surface area contributed by atoms with E-state index >= 15 is 0 Å². The number of nitrogens with zero attached hydrogens (tertiary/aromatic N) is 1. The first-order chi connectivity index (χ1) is 8.10. The molecular weight excluding hydrogens is 238 g/mol.